The Kier molecular flexibility index (Phi) is 10.5. The summed E-state index contributed by atoms with van der Waals surface area (Å²) in [5.41, 5.74) is 7.04. The van der Waals surface area contributed by atoms with Gasteiger partial charge in [-0.3, -0.25) is 0 Å². The van der Waals surface area contributed by atoms with Crippen molar-refractivity contribution in [3.8, 4) is 11.1 Å². The zero-order valence-corrected chi connectivity index (χ0v) is 32.2. The number of hydrogen-bond donors (Lipinski definition) is 0. The van der Waals surface area contributed by atoms with E-state index >= 15 is 0 Å². The molecule has 0 saturated carbocycles. The van der Waals surface area contributed by atoms with Crippen molar-refractivity contribution in [2.75, 3.05) is 0 Å². The van der Waals surface area contributed by atoms with Crippen molar-refractivity contribution in [3.05, 3.63) is 150 Å². The maximum atomic E-state index is 2.35. The van der Waals surface area contributed by atoms with Crippen LogP contribution >= 0.6 is 0 Å². The van der Waals surface area contributed by atoms with Crippen molar-refractivity contribution >= 4 is 42.9 Å². The minimum Gasteiger partial charge on any atom is -0.165 e. The molecule has 0 fully saturated rings. The van der Waals surface area contributed by atoms with Crippen LogP contribution < -0.4 is 5.19 Å². The molecule has 7 rings (SSSR count). The van der Waals surface area contributed by atoms with E-state index in [0.29, 0.717) is 0 Å². The summed E-state index contributed by atoms with van der Waals surface area (Å²) in [5.74, 6) is 0. The molecule has 0 heterocycles. The Morgan fingerprint density at radius 3 is 1.52 bits per heavy atom. The van der Waals surface area contributed by atoms with Crippen LogP contribution in [0, 0.1) is 6.92 Å². The van der Waals surface area contributed by atoms with Crippen molar-refractivity contribution in [2.24, 2.45) is 0 Å². The second-order valence-electron chi connectivity index (χ2n) is 14.4. The average molecular weight is 694 g/mol. The standard InChI is InChI=1S/C21H25.C16H13.C7H8Si.Zr/c1-20(2,3)16-7-9-18-14(12-16)11-15-13-17(21(4,5)6)8-10-19(15)18;1-12-10-14-8-5-9-15(16(14)11-12)13-6-3-2-4-7-13;1-8-7-5-3-2-4-6-7;/h7-13H,1-6H3;2-11H,1H3;2-6H,1H3;/q2*-1;;+2. The Hall–Kier alpha value is -3.32. The molecule has 0 aliphatic heterocycles. The van der Waals surface area contributed by atoms with Gasteiger partial charge in [0, 0.05) is 0 Å². The quantitative estimate of drug-likeness (QED) is 0.125. The van der Waals surface area contributed by atoms with Crippen LogP contribution in [0.5, 0.6) is 0 Å². The summed E-state index contributed by atoms with van der Waals surface area (Å²) in [4.78, 5) is 0. The van der Waals surface area contributed by atoms with Gasteiger partial charge in [0.05, 0.1) is 0 Å². The predicted octanol–water partition coefficient (Wildman–Crippen LogP) is 11.9. The van der Waals surface area contributed by atoms with Gasteiger partial charge in [0.25, 0.3) is 0 Å². The van der Waals surface area contributed by atoms with Crippen LogP contribution in [0.3, 0.4) is 0 Å². The third kappa shape index (κ3) is 8.14. The molecule has 7 aromatic carbocycles. The molecule has 0 aliphatic rings. The Morgan fingerprint density at radius 2 is 1.04 bits per heavy atom. The van der Waals surface area contributed by atoms with Gasteiger partial charge in [-0.05, 0) is 16.4 Å². The molecule has 7 aromatic rings. The minimum atomic E-state index is -0.122. The minimum absolute atomic E-state index is 0.122. The summed E-state index contributed by atoms with van der Waals surface area (Å²) >= 11 is 1.69. The van der Waals surface area contributed by atoms with E-state index in [9.17, 15) is 0 Å². The van der Waals surface area contributed by atoms with Crippen molar-refractivity contribution in [1.29, 1.82) is 0 Å². The SMILES string of the molecule is CC(C)(C)c1ccc2c(c1)[cH-]c1cc(C(C)(C)C)ccc12.C[Si](=[Zr+2])c1ccccc1.Cc1cc2c(-c3ccccc3)cccc2[cH-]1. The van der Waals surface area contributed by atoms with E-state index < -0.39 is 0 Å². The van der Waals surface area contributed by atoms with E-state index in [1.807, 2.05) is 0 Å². The maximum Gasteiger partial charge on any atom is -0.0279 e. The van der Waals surface area contributed by atoms with E-state index in [2.05, 4.69) is 188 Å². The Labute approximate surface area is 291 Å². The Bertz CT molecular complexity index is 2010. The number of hydrogen-bond acceptors (Lipinski definition) is 0. The van der Waals surface area contributed by atoms with Crippen LogP contribution in [-0.4, -0.2) is 5.43 Å². The molecule has 46 heavy (non-hydrogen) atoms. The van der Waals surface area contributed by atoms with Gasteiger partial charge in [-0.25, -0.2) is 0 Å². The Morgan fingerprint density at radius 1 is 0.522 bits per heavy atom. The second-order valence-corrected chi connectivity index (χ2v) is 21.8. The zero-order chi connectivity index (χ0) is 33.1. The first kappa shape index (κ1) is 34.0. The first-order valence-corrected chi connectivity index (χ1v) is 22.0. The van der Waals surface area contributed by atoms with Gasteiger partial charge in [-0.2, -0.15) is 6.07 Å². The molecule has 0 atom stereocenters. The molecule has 0 N–H and O–H groups in total. The van der Waals surface area contributed by atoms with Gasteiger partial charge in [0.15, 0.2) is 0 Å². The summed E-state index contributed by atoms with van der Waals surface area (Å²) in [6, 6.07) is 48.5. The number of rotatable bonds is 2. The summed E-state index contributed by atoms with van der Waals surface area (Å²) in [7, 11) is 0. The molecule has 0 bridgehead atoms. The molecule has 0 nitrogen and oxygen atoms in total. The monoisotopic (exact) mass is 692 g/mol. The third-order valence-corrected chi connectivity index (χ3v) is 12.0. The summed E-state index contributed by atoms with van der Waals surface area (Å²) in [6.07, 6.45) is 0. The topological polar surface area (TPSA) is 0 Å². The van der Waals surface area contributed by atoms with Crippen LogP contribution in [0.15, 0.2) is 133 Å². The van der Waals surface area contributed by atoms with Gasteiger partial charge in [-0.1, -0.05) is 126 Å². The fraction of sp³-hybridized carbons (Fsp3) is 0.227. The van der Waals surface area contributed by atoms with Gasteiger partial charge in [0.2, 0.25) is 0 Å². The summed E-state index contributed by atoms with van der Waals surface area (Å²) in [5, 5.41) is 9.72. The molecule has 0 aliphatic carbocycles. The fourth-order valence-electron chi connectivity index (χ4n) is 5.90. The molecule has 0 saturated heterocycles. The van der Waals surface area contributed by atoms with Crippen LogP contribution in [0.25, 0.3) is 43.4 Å². The molecule has 0 unspecified atom stereocenters. The molecule has 0 amide bonds. The smallest absolute Gasteiger partial charge is 0.0279 e. The van der Waals surface area contributed by atoms with E-state index in [-0.39, 0.29) is 16.3 Å². The first-order chi connectivity index (χ1) is 21.8. The van der Waals surface area contributed by atoms with Crippen molar-refractivity contribution in [1.82, 2.24) is 0 Å². The maximum absolute atomic E-state index is 2.35. The number of fused-ring (bicyclic) bond motifs is 4. The molecule has 230 valence electrons. The van der Waals surface area contributed by atoms with Crippen molar-refractivity contribution in [3.63, 3.8) is 0 Å². The van der Waals surface area contributed by atoms with E-state index in [4.69, 9.17) is 0 Å². The molecular weight excluding hydrogens is 648 g/mol. The second kappa shape index (κ2) is 14.2. The molecule has 0 spiro atoms. The summed E-state index contributed by atoms with van der Waals surface area (Å²) in [6.45, 7) is 18.1. The summed E-state index contributed by atoms with van der Waals surface area (Å²) < 4.78 is 0. The number of benzene rings is 5. The zero-order valence-electron chi connectivity index (χ0n) is 28.7. The fourth-order valence-corrected chi connectivity index (χ4v) is 7.82. The van der Waals surface area contributed by atoms with Crippen LogP contribution in [-0.2, 0) is 34.2 Å². The normalized spacial score (nSPS) is 11.6. The predicted molar refractivity (Wildman–Crippen MR) is 202 cm³/mol. The van der Waals surface area contributed by atoms with E-state index in [1.54, 1.807) is 28.5 Å². The molecule has 0 aromatic heterocycles. The van der Waals surface area contributed by atoms with Crippen LogP contribution in [0.4, 0.5) is 0 Å². The van der Waals surface area contributed by atoms with Gasteiger partial charge in [-0.15, -0.1) is 74.3 Å². The molecule has 2 heteroatoms. The van der Waals surface area contributed by atoms with Gasteiger partial charge < -0.3 is 0 Å². The van der Waals surface area contributed by atoms with Gasteiger partial charge >= 0.3 is 70.8 Å². The first-order valence-electron chi connectivity index (χ1n) is 16.3. The van der Waals surface area contributed by atoms with E-state index in [0.717, 1.165) is 0 Å². The molecule has 0 radical (unpaired) electrons. The average Bonchev–Trinajstić information content (AvgIpc) is 3.60. The van der Waals surface area contributed by atoms with Crippen LogP contribution in [0.2, 0.25) is 6.55 Å². The van der Waals surface area contributed by atoms with Crippen molar-refractivity contribution in [2.45, 2.75) is 65.8 Å². The number of aryl methyl sites for hydroxylation is 1. The third-order valence-electron chi connectivity index (χ3n) is 8.62. The van der Waals surface area contributed by atoms with E-state index in [1.165, 1.54) is 60.1 Å². The Balaban J connectivity index is 0.000000147. The largest absolute Gasteiger partial charge is 0.165 e. The van der Waals surface area contributed by atoms with Gasteiger partial charge in [0.1, 0.15) is 0 Å². The van der Waals surface area contributed by atoms with Crippen LogP contribution in [0.1, 0.15) is 58.2 Å². The molecular formula is C44H46SiZr. The van der Waals surface area contributed by atoms with Crippen molar-refractivity contribution < 1.29 is 23.3 Å².